The Morgan fingerprint density at radius 1 is 1.12 bits per heavy atom. The first-order valence-electron chi connectivity index (χ1n) is 8.05. The Morgan fingerprint density at radius 3 is 2.31 bits per heavy atom. The SMILES string of the molecule is CC(C)NC(=O)COC(=O)/C(=C/c1ccc(Cl)cc1)c1ccc(F)cc1. The minimum Gasteiger partial charge on any atom is -0.452 e. The zero-order valence-electron chi connectivity index (χ0n) is 14.5. The summed E-state index contributed by atoms with van der Waals surface area (Å²) in [5.41, 5.74) is 1.41. The first-order chi connectivity index (χ1) is 12.3. The van der Waals surface area contributed by atoms with Crippen molar-refractivity contribution in [2.24, 2.45) is 0 Å². The average molecular weight is 376 g/mol. The molecule has 0 radical (unpaired) electrons. The van der Waals surface area contributed by atoms with Crippen LogP contribution in [0.5, 0.6) is 0 Å². The third kappa shape index (κ3) is 6.01. The van der Waals surface area contributed by atoms with Crippen molar-refractivity contribution < 1.29 is 18.7 Å². The Bertz CT molecular complexity index is 799. The topological polar surface area (TPSA) is 55.4 Å². The van der Waals surface area contributed by atoms with Crippen LogP contribution in [0.4, 0.5) is 4.39 Å². The number of carbonyl (C=O) groups is 2. The number of rotatable bonds is 6. The van der Waals surface area contributed by atoms with Crippen molar-refractivity contribution in [3.05, 3.63) is 70.5 Å². The van der Waals surface area contributed by atoms with E-state index in [0.717, 1.165) is 5.56 Å². The van der Waals surface area contributed by atoms with Gasteiger partial charge in [0.25, 0.3) is 5.91 Å². The third-order valence-corrected chi connectivity index (χ3v) is 3.59. The van der Waals surface area contributed by atoms with Crippen molar-refractivity contribution in [1.82, 2.24) is 5.32 Å². The molecule has 0 saturated heterocycles. The van der Waals surface area contributed by atoms with Crippen molar-refractivity contribution in [3.63, 3.8) is 0 Å². The molecule has 0 aromatic heterocycles. The van der Waals surface area contributed by atoms with Crippen molar-refractivity contribution in [2.75, 3.05) is 6.61 Å². The largest absolute Gasteiger partial charge is 0.452 e. The molecule has 1 N–H and O–H groups in total. The second-order valence-corrected chi connectivity index (χ2v) is 6.35. The van der Waals surface area contributed by atoms with Gasteiger partial charge >= 0.3 is 5.97 Å². The van der Waals surface area contributed by atoms with Gasteiger partial charge in [0.1, 0.15) is 5.82 Å². The molecule has 4 nitrogen and oxygen atoms in total. The van der Waals surface area contributed by atoms with Crippen LogP contribution in [0.3, 0.4) is 0 Å². The number of ether oxygens (including phenoxy) is 1. The summed E-state index contributed by atoms with van der Waals surface area (Å²) >= 11 is 5.87. The lowest BCUT2D eigenvalue weighted by molar-refractivity contribution is -0.143. The van der Waals surface area contributed by atoms with E-state index in [0.29, 0.717) is 10.6 Å². The van der Waals surface area contributed by atoms with E-state index in [1.165, 1.54) is 24.3 Å². The molecule has 0 unspecified atom stereocenters. The number of esters is 1. The maximum atomic E-state index is 13.2. The summed E-state index contributed by atoms with van der Waals surface area (Å²) in [7, 11) is 0. The fraction of sp³-hybridized carbons (Fsp3) is 0.200. The van der Waals surface area contributed by atoms with Gasteiger partial charge in [-0.25, -0.2) is 9.18 Å². The Labute approximate surface area is 156 Å². The number of amides is 1. The number of hydrogen-bond acceptors (Lipinski definition) is 3. The number of halogens is 2. The van der Waals surface area contributed by atoms with Crippen LogP contribution in [0.1, 0.15) is 25.0 Å². The van der Waals surface area contributed by atoms with Gasteiger partial charge in [0.05, 0.1) is 5.57 Å². The van der Waals surface area contributed by atoms with Gasteiger partial charge in [-0.05, 0) is 55.3 Å². The van der Waals surface area contributed by atoms with E-state index in [1.54, 1.807) is 30.3 Å². The first-order valence-corrected chi connectivity index (χ1v) is 8.42. The van der Waals surface area contributed by atoms with Gasteiger partial charge in [0.15, 0.2) is 6.61 Å². The van der Waals surface area contributed by atoms with Crippen molar-refractivity contribution in [1.29, 1.82) is 0 Å². The lowest BCUT2D eigenvalue weighted by Gasteiger charge is -2.11. The fourth-order valence-corrected chi connectivity index (χ4v) is 2.31. The zero-order valence-corrected chi connectivity index (χ0v) is 15.2. The van der Waals surface area contributed by atoms with Gasteiger partial charge in [-0.2, -0.15) is 0 Å². The van der Waals surface area contributed by atoms with E-state index >= 15 is 0 Å². The van der Waals surface area contributed by atoms with Gasteiger partial charge in [-0.3, -0.25) is 4.79 Å². The van der Waals surface area contributed by atoms with Crippen molar-refractivity contribution in [3.8, 4) is 0 Å². The summed E-state index contributed by atoms with van der Waals surface area (Å²) in [6.45, 7) is 3.23. The lowest BCUT2D eigenvalue weighted by Crippen LogP contribution is -2.34. The second-order valence-electron chi connectivity index (χ2n) is 5.91. The fourth-order valence-electron chi connectivity index (χ4n) is 2.19. The monoisotopic (exact) mass is 375 g/mol. The van der Waals surface area contributed by atoms with Gasteiger partial charge < -0.3 is 10.1 Å². The van der Waals surface area contributed by atoms with Crippen molar-refractivity contribution >= 4 is 35.1 Å². The molecular weight excluding hydrogens is 357 g/mol. The van der Waals surface area contributed by atoms with Crippen LogP contribution >= 0.6 is 11.6 Å². The number of carbonyl (C=O) groups excluding carboxylic acids is 2. The first kappa shape index (κ1) is 19.7. The van der Waals surface area contributed by atoms with Crippen LogP contribution < -0.4 is 5.32 Å². The van der Waals surface area contributed by atoms with Crippen LogP contribution in [0.2, 0.25) is 5.02 Å². The molecule has 0 aliphatic rings. The molecule has 2 rings (SSSR count). The van der Waals surface area contributed by atoms with Gasteiger partial charge in [-0.1, -0.05) is 35.9 Å². The molecule has 0 bridgehead atoms. The third-order valence-electron chi connectivity index (χ3n) is 3.34. The quantitative estimate of drug-likeness (QED) is 0.470. The van der Waals surface area contributed by atoms with E-state index in [-0.39, 0.29) is 11.6 Å². The minimum atomic E-state index is -0.675. The highest BCUT2D eigenvalue weighted by Gasteiger charge is 2.16. The van der Waals surface area contributed by atoms with Crippen LogP contribution in [-0.4, -0.2) is 24.5 Å². The highest BCUT2D eigenvalue weighted by molar-refractivity contribution is 6.30. The minimum absolute atomic E-state index is 0.0534. The Kier molecular flexibility index (Phi) is 6.92. The molecule has 0 fully saturated rings. The zero-order chi connectivity index (χ0) is 19.1. The molecule has 6 heteroatoms. The Morgan fingerprint density at radius 2 is 1.73 bits per heavy atom. The van der Waals surface area contributed by atoms with Gasteiger partial charge in [0, 0.05) is 11.1 Å². The Hall–Kier alpha value is -2.66. The molecular formula is C20H19ClFNO3. The molecule has 0 saturated carbocycles. The summed E-state index contributed by atoms with van der Waals surface area (Å²) in [5, 5.41) is 3.21. The molecule has 2 aromatic carbocycles. The molecule has 0 spiro atoms. The predicted molar refractivity (Wildman–Crippen MR) is 100.0 cm³/mol. The highest BCUT2D eigenvalue weighted by atomic mass is 35.5. The summed E-state index contributed by atoms with van der Waals surface area (Å²) in [6, 6.07) is 12.3. The van der Waals surface area contributed by atoms with E-state index in [2.05, 4.69) is 5.32 Å². The molecule has 0 atom stereocenters. The lowest BCUT2D eigenvalue weighted by atomic mass is 10.0. The van der Waals surface area contributed by atoms with E-state index in [9.17, 15) is 14.0 Å². The molecule has 2 aromatic rings. The van der Waals surface area contributed by atoms with Crippen LogP contribution in [0.15, 0.2) is 48.5 Å². The molecule has 136 valence electrons. The van der Waals surface area contributed by atoms with Crippen LogP contribution in [-0.2, 0) is 14.3 Å². The van der Waals surface area contributed by atoms with Gasteiger partial charge in [0.2, 0.25) is 0 Å². The molecule has 0 aliphatic carbocycles. The second kappa shape index (κ2) is 9.15. The van der Waals surface area contributed by atoms with Gasteiger partial charge in [-0.15, -0.1) is 0 Å². The molecule has 0 heterocycles. The van der Waals surface area contributed by atoms with Crippen LogP contribution in [0.25, 0.3) is 11.6 Å². The number of benzene rings is 2. The summed E-state index contributed by atoms with van der Waals surface area (Å²) in [4.78, 5) is 24.2. The average Bonchev–Trinajstić information content (AvgIpc) is 2.59. The number of nitrogens with one attached hydrogen (secondary N) is 1. The van der Waals surface area contributed by atoms with Crippen molar-refractivity contribution in [2.45, 2.75) is 19.9 Å². The summed E-state index contributed by atoms with van der Waals surface area (Å²) < 4.78 is 18.3. The standard InChI is InChI=1S/C20H19ClFNO3/c1-13(2)23-19(24)12-26-20(25)18(15-5-9-17(22)10-6-15)11-14-3-7-16(21)8-4-14/h3-11,13H,12H2,1-2H3,(H,23,24)/b18-11+. The summed E-state index contributed by atoms with van der Waals surface area (Å²) in [5.74, 6) is -1.48. The van der Waals surface area contributed by atoms with E-state index in [1.807, 2.05) is 13.8 Å². The predicted octanol–water partition coefficient (Wildman–Crippen LogP) is 4.09. The summed E-state index contributed by atoms with van der Waals surface area (Å²) in [6.07, 6.45) is 1.60. The highest BCUT2D eigenvalue weighted by Crippen LogP contribution is 2.21. The maximum absolute atomic E-state index is 13.2. The normalized spacial score (nSPS) is 11.3. The van der Waals surface area contributed by atoms with E-state index < -0.39 is 24.3 Å². The Balaban J connectivity index is 2.25. The molecule has 0 aliphatic heterocycles. The molecule has 1 amide bonds. The maximum Gasteiger partial charge on any atom is 0.339 e. The molecule has 26 heavy (non-hydrogen) atoms. The van der Waals surface area contributed by atoms with E-state index in [4.69, 9.17) is 16.3 Å². The van der Waals surface area contributed by atoms with Crippen LogP contribution in [0, 0.1) is 5.82 Å². The smallest absolute Gasteiger partial charge is 0.339 e. The number of hydrogen-bond donors (Lipinski definition) is 1.